The minimum Gasteiger partial charge on any atom is -0.393 e. The van der Waals surface area contributed by atoms with Gasteiger partial charge in [0.2, 0.25) is 0 Å². The van der Waals surface area contributed by atoms with Crippen LogP contribution >= 0.6 is 0 Å². The zero-order valence-corrected chi connectivity index (χ0v) is 6.64. The van der Waals surface area contributed by atoms with Crippen LogP contribution in [-0.4, -0.2) is 11.2 Å². The van der Waals surface area contributed by atoms with Crippen LogP contribution in [0.3, 0.4) is 0 Å². The van der Waals surface area contributed by atoms with E-state index in [-0.39, 0.29) is 6.10 Å². The Morgan fingerprint density at radius 1 is 1.30 bits per heavy atom. The van der Waals surface area contributed by atoms with E-state index in [2.05, 4.69) is 6.92 Å². The van der Waals surface area contributed by atoms with Crippen molar-refractivity contribution in [1.82, 2.24) is 0 Å². The summed E-state index contributed by atoms with van der Waals surface area (Å²) in [5.74, 6) is 0.654. The van der Waals surface area contributed by atoms with E-state index in [9.17, 15) is 5.11 Å². The predicted molar refractivity (Wildman–Crippen MR) is 40.7 cm³/mol. The number of hydrogen-bond acceptors (Lipinski definition) is 1. The fourth-order valence-electron chi connectivity index (χ4n) is 2.60. The summed E-state index contributed by atoms with van der Waals surface area (Å²) in [6.07, 6.45) is 6.36. The molecule has 0 aromatic carbocycles. The molecule has 2 bridgehead atoms. The molecule has 3 fully saturated rings. The zero-order valence-electron chi connectivity index (χ0n) is 6.64. The lowest BCUT2D eigenvalue weighted by Crippen LogP contribution is -2.41. The Balaban J connectivity index is 2.14. The highest BCUT2D eigenvalue weighted by molar-refractivity contribution is 4.93. The summed E-state index contributed by atoms with van der Waals surface area (Å²) >= 11 is 0. The van der Waals surface area contributed by atoms with Gasteiger partial charge in [-0.15, -0.1) is 0 Å². The van der Waals surface area contributed by atoms with Crippen LogP contribution in [0.2, 0.25) is 0 Å². The first kappa shape index (κ1) is 6.66. The summed E-state index contributed by atoms with van der Waals surface area (Å²) in [5, 5.41) is 9.56. The van der Waals surface area contributed by atoms with Gasteiger partial charge in [-0.25, -0.2) is 0 Å². The van der Waals surface area contributed by atoms with E-state index in [1.54, 1.807) is 0 Å². The quantitative estimate of drug-likeness (QED) is 0.545. The lowest BCUT2D eigenvalue weighted by atomic mass is 9.60. The molecule has 1 N–H and O–H groups in total. The van der Waals surface area contributed by atoms with E-state index in [0.29, 0.717) is 11.3 Å². The van der Waals surface area contributed by atoms with Gasteiger partial charge < -0.3 is 5.11 Å². The second kappa shape index (κ2) is 1.97. The Morgan fingerprint density at radius 2 is 1.90 bits per heavy atom. The van der Waals surface area contributed by atoms with Crippen LogP contribution in [0.1, 0.15) is 39.0 Å². The normalized spacial score (nSPS) is 53.4. The molecule has 1 heteroatoms. The average molecular weight is 140 g/mol. The highest BCUT2D eigenvalue weighted by Gasteiger charge is 2.41. The molecule has 3 saturated carbocycles. The first-order valence-electron chi connectivity index (χ1n) is 4.38. The predicted octanol–water partition coefficient (Wildman–Crippen LogP) is 1.95. The maximum absolute atomic E-state index is 9.56. The Morgan fingerprint density at radius 3 is 2.20 bits per heavy atom. The van der Waals surface area contributed by atoms with Crippen molar-refractivity contribution in [3.8, 4) is 0 Å². The number of fused-ring (bicyclic) bond motifs is 3. The van der Waals surface area contributed by atoms with Crippen molar-refractivity contribution >= 4 is 0 Å². The van der Waals surface area contributed by atoms with Crippen molar-refractivity contribution in [1.29, 1.82) is 0 Å². The molecule has 0 saturated heterocycles. The molecule has 0 radical (unpaired) electrons. The molecule has 58 valence electrons. The largest absolute Gasteiger partial charge is 0.393 e. The number of hydrogen-bond donors (Lipinski definition) is 1. The Labute approximate surface area is 62.4 Å². The van der Waals surface area contributed by atoms with E-state index in [4.69, 9.17) is 0 Å². The van der Waals surface area contributed by atoms with Gasteiger partial charge in [-0.3, -0.25) is 0 Å². The second-order valence-corrected chi connectivity index (χ2v) is 4.42. The minimum absolute atomic E-state index is 0.0347. The summed E-state index contributed by atoms with van der Waals surface area (Å²) < 4.78 is 0. The van der Waals surface area contributed by atoms with Crippen LogP contribution in [0.25, 0.3) is 0 Å². The van der Waals surface area contributed by atoms with Gasteiger partial charge in [0.1, 0.15) is 0 Å². The van der Waals surface area contributed by atoms with Gasteiger partial charge in [-0.1, -0.05) is 6.92 Å². The molecule has 1 nitrogen and oxygen atoms in total. The van der Waals surface area contributed by atoms with Crippen molar-refractivity contribution in [3.05, 3.63) is 0 Å². The van der Waals surface area contributed by atoms with Gasteiger partial charge in [0.05, 0.1) is 6.10 Å². The van der Waals surface area contributed by atoms with Gasteiger partial charge in [0.15, 0.2) is 0 Å². The van der Waals surface area contributed by atoms with Gasteiger partial charge >= 0.3 is 0 Å². The summed E-state index contributed by atoms with van der Waals surface area (Å²) in [5.41, 5.74) is 0.508. The number of aliphatic hydroxyl groups is 1. The zero-order chi connectivity index (χ0) is 7.19. The third-order valence-corrected chi connectivity index (χ3v) is 3.48. The smallest absolute Gasteiger partial charge is 0.0573 e. The summed E-state index contributed by atoms with van der Waals surface area (Å²) in [6.45, 7) is 2.33. The summed E-state index contributed by atoms with van der Waals surface area (Å²) in [4.78, 5) is 0. The van der Waals surface area contributed by atoms with Crippen molar-refractivity contribution < 1.29 is 5.11 Å². The van der Waals surface area contributed by atoms with Crippen LogP contribution in [0, 0.1) is 11.3 Å². The molecule has 0 aromatic rings. The van der Waals surface area contributed by atoms with Crippen molar-refractivity contribution in [3.63, 3.8) is 0 Å². The Kier molecular flexibility index (Phi) is 1.31. The monoisotopic (exact) mass is 140 g/mol. The molecule has 3 rings (SSSR count). The van der Waals surface area contributed by atoms with Crippen molar-refractivity contribution in [2.24, 2.45) is 11.3 Å². The number of aliphatic hydroxyl groups excluding tert-OH is 1. The fraction of sp³-hybridized carbons (Fsp3) is 1.00. The molecule has 0 spiro atoms. The maximum atomic E-state index is 9.56. The first-order chi connectivity index (χ1) is 4.70. The van der Waals surface area contributed by atoms with E-state index in [1.165, 1.54) is 25.7 Å². The van der Waals surface area contributed by atoms with Crippen LogP contribution in [0.4, 0.5) is 0 Å². The standard InChI is InChI=1S/C9H16O/c1-9-4-2-7(3-5-9)8(10)6-9/h7-8,10H,2-6H2,1H3. The van der Waals surface area contributed by atoms with Crippen molar-refractivity contribution in [2.75, 3.05) is 0 Å². The first-order valence-corrected chi connectivity index (χ1v) is 4.38. The average Bonchev–Trinajstić information content (AvgIpc) is 1.87. The van der Waals surface area contributed by atoms with Gasteiger partial charge in [0, 0.05) is 0 Å². The molecule has 0 aliphatic heterocycles. The summed E-state index contributed by atoms with van der Waals surface area (Å²) in [7, 11) is 0. The van der Waals surface area contributed by atoms with Crippen LogP contribution in [0.15, 0.2) is 0 Å². The molecular formula is C9H16O. The van der Waals surface area contributed by atoms with E-state index in [1.807, 2.05) is 0 Å². The second-order valence-electron chi connectivity index (χ2n) is 4.42. The highest BCUT2D eigenvalue weighted by atomic mass is 16.3. The molecule has 1 atom stereocenters. The molecule has 10 heavy (non-hydrogen) atoms. The van der Waals surface area contributed by atoms with Crippen LogP contribution < -0.4 is 0 Å². The molecule has 3 aliphatic carbocycles. The third-order valence-electron chi connectivity index (χ3n) is 3.48. The van der Waals surface area contributed by atoms with E-state index < -0.39 is 0 Å². The molecule has 3 aliphatic rings. The highest BCUT2D eigenvalue weighted by Crippen LogP contribution is 2.49. The molecule has 0 heterocycles. The summed E-state index contributed by atoms with van der Waals surface area (Å²) in [6, 6.07) is 0. The lowest BCUT2D eigenvalue weighted by Gasteiger charge is -2.47. The minimum atomic E-state index is 0.0347. The number of rotatable bonds is 0. The van der Waals surface area contributed by atoms with Gasteiger partial charge in [0.25, 0.3) is 0 Å². The van der Waals surface area contributed by atoms with Gasteiger partial charge in [-0.2, -0.15) is 0 Å². The third kappa shape index (κ3) is 0.878. The Bertz CT molecular complexity index is 134. The lowest BCUT2D eigenvalue weighted by molar-refractivity contribution is -0.0422. The van der Waals surface area contributed by atoms with Gasteiger partial charge in [-0.05, 0) is 43.4 Å². The fourth-order valence-corrected chi connectivity index (χ4v) is 2.60. The molecule has 0 aromatic heterocycles. The molecule has 0 amide bonds. The maximum Gasteiger partial charge on any atom is 0.0573 e. The topological polar surface area (TPSA) is 20.2 Å². The molecule has 1 unspecified atom stereocenters. The molecular weight excluding hydrogens is 124 g/mol. The SMILES string of the molecule is CC12CCC(CC1)C(O)C2. The van der Waals surface area contributed by atoms with E-state index >= 15 is 0 Å². The van der Waals surface area contributed by atoms with Crippen molar-refractivity contribution in [2.45, 2.75) is 45.1 Å². The Hall–Kier alpha value is -0.0400. The van der Waals surface area contributed by atoms with E-state index in [0.717, 1.165) is 6.42 Å². The van der Waals surface area contributed by atoms with Crippen LogP contribution in [0.5, 0.6) is 0 Å². The van der Waals surface area contributed by atoms with Crippen LogP contribution in [-0.2, 0) is 0 Å².